The molecule has 0 saturated carbocycles. The van der Waals surface area contributed by atoms with Crippen molar-refractivity contribution in [2.45, 2.75) is 72.1 Å². The van der Waals surface area contributed by atoms with E-state index in [-0.39, 0.29) is 5.91 Å². The Labute approximate surface area is 182 Å². The van der Waals surface area contributed by atoms with Crippen LogP contribution in [-0.4, -0.2) is 19.1 Å². The van der Waals surface area contributed by atoms with E-state index in [1.807, 2.05) is 24.3 Å². The summed E-state index contributed by atoms with van der Waals surface area (Å²) in [5.74, 6) is 1.55. The van der Waals surface area contributed by atoms with Crippen molar-refractivity contribution < 1.29 is 14.3 Å². The molecule has 4 nitrogen and oxygen atoms in total. The molecule has 0 aliphatic heterocycles. The fraction of sp³-hybridized carbons (Fsp3) is 0.500. The number of ether oxygens (including phenoxy) is 2. The van der Waals surface area contributed by atoms with Gasteiger partial charge in [-0.15, -0.1) is 0 Å². The van der Waals surface area contributed by atoms with Gasteiger partial charge in [0, 0.05) is 11.3 Å². The lowest BCUT2D eigenvalue weighted by molar-refractivity contribution is 0.102. The first kappa shape index (κ1) is 23.8. The number of hydrogen-bond donors (Lipinski definition) is 1. The molecule has 0 heterocycles. The molecule has 1 N–H and O–H groups in total. The zero-order valence-electron chi connectivity index (χ0n) is 19.0. The van der Waals surface area contributed by atoms with Crippen LogP contribution in [0.1, 0.15) is 88.1 Å². The molecule has 164 valence electrons. The lowest BCUT2D eigenvalue weighted by Crippen LogP contribution is -2.14. The molecule has 0 spiro atoms. The number of amides is 1. The molecule has 0 fully saturated rings. The number of carbonyl (C=O) groups excluding carboxylic acids is 1. The van der Waals surface area contributed by atoms with Gasteiger partial charge in [0.05, 0.1) is 13.2 Å². The monoisotopic (exact) mass is 411 g/mol. The normalized spacial score (nSPS) is 10.8. The van der Waals surface area contributed by atoms with Crippen molar-refractivity contribution in [1.29, 1.82) is 0 Å². The Bertz CT molecular complexity index is 786. The van der Waals surface area contributed by atoms with Crippen LogP contribution in [-0.2, 0) is 0 Å². The first-order valence-corrected chi connectivity index (χ1v) is 11.4. The summed E-state index contributed by atoms with van der Waals surface area (Å²) in [6, 6.07) is 13.4. The lowest BCUT2D eigenvalue weighted by Gasteiger charge is -2.16. The van der Waals surface area contributed by atoms with E-state index in [2.05, 4.69) is 39.1 Å². The minimum atomic E-state index is -0.140. The van der Waals surface area contributed by atoms with E-state index >= 15 is 0 Å². The smallest absolute Gasteiger partial charge is 0.255 e. The van der Waals surface area contributed by atoms with Crippen LogP contribution in [0.25, 0.3) is 0 Å². The summed E-state index contributed by atoms with van der Waals surface area (Å²) in [5.41, 5.74) is 2.54. The lowest BCUT2D eigenvalue weighted by atomic mass is 10.0. The van der Waals surface area contributed by atoms with E-state index in [9.17, 15) is 4.79 Å². The Kier molecular flexibility index (Phi) is 10.3. The second-order valence-electron chi connectivity index (χ2n) is 7.97. The molecule has 2 aromatic carbocycles. The molecule has 0 atom stereocenters. The van der Waals surface area contributed by atoms with Gasteiger partial charge in [0.1, 0.15) is 0 Å². The van der Waals surface area contributed by atoms with Gasteiger partial charge >= 0.3 is 0 Å². The summed E-state index contributed by atoms with van der Waals surface area (Å²) < 4.78 is 11.9. The minimum Gasteiger partial charge on any atom is -0.490 e. The van der Waals surface area contributed by atoms with Gasteiger partial charge < -0.3 is 14.8 Å². The van der Waals surface area contributed by atoms with Gasteiger partial charge in [-0.2, -0.15) is 0 Å². The number of benzene rings is 2. The number of unbranched alkanes of at least 4 members (excludes halogenated alkanes) is 4. The maximum Gasteiger partial charge on any atom is 0.255 e. The van der Waals surface area contributed by atoms with Crippen LogP contribution < -0.4 is 14.8 Å². The molecule has 0 saturated heterocycles. The molecule has 0 unspecified atom stereocenters. The Morgan fingerprint density at radius 3 is 2.13 bits per heavy atom. The summed E-state index contributed by atoms with van der Waals surface area (Å²) in [7, 11) is 0. The van der Waals surface area contributed by atoms with Crippen molar-refractivity contribution in [3.05, 3.63) is 53.6 Å². The predicted molar refractivity (Wildman–Crippen MR) is 125 cm³/mol. The first-order chi connectivity index (χ1) is 14.6. The van der Waals surface area contributed by atoms with Gasteiger partial charge in [-0.3, -0.25) is 4.79 Å². The Hall–Kier alpha value is -2.49. The average molecular weight is 412 g/mol. The molecule has 0 aliphatic rings. The van der Waals surface area contributed by atoms with Crippen molar-refractivity contribution >= 4 is 11.6 Å². The van der Waals surface area contributed by atoms with Crippen molar-refractivity contribution in [1.82, 2.24) is 0 Å². The van der Waals surface area contributed by atoms with Gasteiger partial charge in [0.15, 0.2) is 11.5 Å². The van der Waals surface area contributed by atoms with Gasteiger partial charge in [-0.25, -0.2) is 0 Å². The molecule has 2 rings (SSSR count). The van der Waals surface area contributed by atoms with E-state index < -0.39 is 0 Å². The summed E-state index contributed by atoms with van der Waals surface area (Å²) in [6.45, 7) is 9.87. The quantitative estimate of drug-likeness (QED) is 0.354. The molecule has 0 bridgehead atoms. The first-order valence-electron chi connectivity index (χ1n) is 11.4. The Morgan fingerprint density at radius 1 is 0.867 bits per heavy atom. The van der Waals surface area contributed by atoms with Crippen LogP contribution in [0.15, 0.2) is 42.5 Å². The summed E-state index contributed by atoms with van der Waals surface area (Å²) in [5, 5.41) is 3.06. The number of hydrogen-bond acceptors (Lipinski definition) is 3. The van der Waals surface area contributed by atoms with E-state index in [0.717, 1.165) is 49.8 Å². The number of carbonyl (C=O) groups is 1. The maximum absolute atomic E-state index is 12.9. The highest BCUT2D eigenvalue weighted by Crippen LogP contribution is 2.30. The van der Waals surface area contributed by atoms with Crippen molar-refractivity contribution in [3.63, 3.8) is 0 Å². The highest BCUT2D eigenvalue weighted by atomic mass is 16.5. The van der Waals surface area contributed by atoms with Crippen molar-refractivity contribution in [2.75, 3.05) is 18.5 Å². The van der Waals surface area contributed by atoms with Crippen LogP contribution in [0, 0.1) is 0 Å². The fourth-order valence-electron chi connectivity index (χ4n) is 3.26. The van der Waals surface area contributed by atoms with Crippen LogP contribution in [0.3, 0.4) is 0 Å². The molecule has 2 aromatic rings. The van der Waals surface area contributed by atoms with E-state index in [1.165, 1.54) is 0 Å². The molecular weight excluding hydrogens is 374 g/mol. The number of rotatable bonds is 13. The van der Waals surface area contributed by atoms with Crippen molar-refractivity contribution in [3.8, 4) is 11.5 Å². The molecular formula is C26H37NO3. The Balaban J connectivity index is 2.15. The second-order valence-corrected chi connectivity index (χ2v) is 7.97. The predicted octanol–water partition coefficient (Wildman–Crippen LogP) is 7.20. The molecule has 4 heteroatoms. The standard InChI is InChI=1S/C26H37NO3/c1-5-7-11-17-29-24-16-15-21(19-25(24)30-18-12-8-6-2)26(28)27-23-14-10-9-13-22(23)20(3)4/h9-10,13-16,19-20H,5-8,11-12,17-18H2,1-4H3,(H,27,28). The van der Waals surface area contributed by atoms with Crippen LogP contribution in [0.2, 0.25) is 0 Å². The third-order valence-electron chi connectivity index (χ3n) is 5.05. The zero-order valence-corrected chi connectivity index (χ0v) is 19.0. The highest BCUT2D eigenvalue weighted by Gasteiger charge is 2.14. The summed E-state index contributed by atoms with van der Waals surface area (Å²) >= 11 is 0. The van der Waals surface area contributed by atoms with Crippen LogP contribution >= 0.6 is 0 Å². The van der Waals surface area contributed by atoms with Gasteiger partial charge in [0.25, 0.3) is 5.91 Å². The second kappa shape index (κ2) is 12.9. The molecule has 0 aliphatic carbocycles. The van der Waals surface area contributed by atoms with E-state index in [0.29, 0.717) is 36.2 Å². The topological polar surface area (TPSA) is 47.6 Å². The summed E-state index contributed by atoms with van der Waals surface area (Å²) in [6.07, 6.45) is 6.56. The third kappa shape index (κ3) is 7.40. The molecule has 1 amide bonds. The number of nitrogens with one attached hydrogen (secondary N) is 1. The number of anilines is 1. The van der Waals surface area contributed by atoms with Crippen LogP contribution in [0.4, 0.5) is 5.69 Å². The molecule has 0 radical (unpaired) electrons. The Morgan fingerprint density at radius 2 is 1.50 bits per heavy atom. The van der Waals surface area contributed by atoms with Crippen LogP contribution in [0.5, 0.6) is 11.5 Å². The van der Waals surface area contributed by atoms with Crippen molar-refractivity contribution in [2.24, 2.45) is 0 Å². The highest BCUT2D eigenvalue weighted by molar-refractivity contribution is 6.05. The minimum absolute atomic E-state index is 0.140. The zero-order chi connectivity index (χ0) is 21.8. The van der Waals surface area contributed by atoms with Gasteiger partial charge in [0.2, 0.25) is 0 Å². The maximum atomic E-state index is 12.9. The van der Waals surface area contributed by atoms with E-state index in [1.54, 1.807) is 12.1 Å². The van der Waals surface area contributed by atoms with Gasteiger partial charge in [-0.1, -0.05) is 71.6 Å². The molecule has 30 heavy (non-hydrogen) atoms. The van der Waals surface area contributed by atoms with Gasteiger partial charge in [-0.05, 0) is 48.6 Å². The average Bonchev–Trinajstić information content (AvgIpc) is 2.75. The summed E-state index contributed by atoms with van der Waals surface area (Å²) in [4.78, 5) is 12.9. The number of para-hydroxylation sites is 1. The SMILES string of the molecule is CCCCCOc1ccc(C(=O)Nc2ccccc2C(C)C)cc1OCCCCC. The largest absolute Gasteiger partial charge is 0.490 e. The molecule has 0 aromatic heterocycles. The fourth-order valence-corrected chi connectivity index (χ4v) is 3.26. The third-order valence-corrected chi connectivity index (χ3v) is 5.05. The van der Waals surface area contributed by atoms with E-state index in [4.69, 9.17) is 9.47 Å².